The van der Waals surface area contributed by atoms with Crippen molar-refractivity contribution < 1.29 is 14.5 Å². The monoisotopic (exact) mass is 431 g/mol. The second kappa shape index (κ2) is 11.1. The molecule has 164 valence electrons. The molecule has 2 amide bonds. The molecule has 0 aliphatic carbocycles. The van der Waals surface area contributed by atoms with Crippen LogP contribution in [0.25, 0.3) is 0 Å². The minimum Gasteiger partial charge on any atom is -0.377 e. The highest BCUT2D eigenvalue weighted by Crippen LogP contribution is 2.26. The van der Waals surface area contributed by atoms with Crippen molar-refractivity contribution in [3.05, 3.63) is 46.2 Å². The van der Waals surface area contributed by atoms with E-state index in [1.807, 2.05) is 73.5 Å². The zero-order valence-electron chi connectivity index (χ0n) is 19.0. The van der Waals surface area contributed by atoms with Gasteiger partial charge in [0.1, 0.15) is 0 Å². The topological polar surface area (TPSA) is 57.1 Å². The van der Waals surface area contributed by atoms with Gasteiger partial charge in [-0.1, -0.05) is 19.9 Å². The molecule has 0 saturated heterocycles. The molecule has 1 aromatic heterocycles. The molecule has 2 aromatic rings. The third-order valence-electron chi connectivity index (χ3n) is 4.70. The van der Waals surface area contributed by atoms with Crippen LogP contribution in [0.15, 0.2) is 35.7 Å². The summed E-state index contributed by atoms with van der Waals surface area (Å²) in [7, 11) is 8.16. The average Bonchev–Trinajstić information content (AvgIpc) is 3.18. The standard InChI is InChI=1S/C23H34N4O2S/c1-17(2)14-22(28)24-19-9-10-20(26(5)6)18(15-19)16-27(12-11-25(3)4)23(29)21-8-7-13-30-21/h7-10,13,15,17H,11-12,14,16H2,1-6H3,(H,24,28)/p+1. The van der Waals surface area contributed by atoms with Crippen LogP contribution in [-0.2, 0) is 11.3 Å². The molecule has 2 rings (SSSR count). The summed E-state index contributed by atoms with van der Waals surface area (Å²) >= 11 is 1.47. The highest BCUT2D eigenvalue weighted by atomic mass is 32.1. The van der Waals surface area contributed by atoms with Crippen LogP contribution in [0.5, 0.6) is 0 Å². The van der Waals surface area contributed by atoms with E-state index in [0.717, 1.165) is 28.4 Å². The van der Waals surface area contributed by atoms with E-state index in [1.54, 1.807) is 0 Å². The number of anilines is 2. The van der Waals surface area contributed by atoms with Gasteiger partial charge >= 0.3 is 0 Å². The van der Waals surface area contributed by atoms with E-state index in [-0.39, 0.29) is 11.8 Å². The van der Waals surface area contributed by atoms with Gasteiger partial charge in [-0.2, -0.15) is 0 Å². The quantitative estimate of drug-likeness (QED) is 0.608. The van der Waals surface area contributed by atoms with Crippen LogP contribution >= 0.6 is 11.3 Å². The predicted octanol–water partition coefficient (Wildman–Crippen LogP) is 2.59. The first-order valence-electron chi connectivity index (χ1n) is 10.4. The third kappa shape index (κ3) is 7.15. The molecule has 0 spiro atoms. The van der Waals surface area contributed by atoms with Crippen molar-refractivity contribution in [2.45, 2.75) is 26.8 Å². The first-order chi connectivity index (χ1) is 14.2. The molecular weight excluding hydrogens is 396 g/mol. The van der Waals surface area contributed by atoms with Gasteiger partial charge in [-0.05, 0) is 41.1 Å². The van der Waals surface area contributed by atoms with Crippen LogP contribution in [0.3, 0.4) is 0 Å². The van der Waals surface area contributed by atoms with E-state index in [9.17, 15) is 9.59 Å². The number of carbonyl (C=O) groups excluding carboxylic acids is 2. The Hall–Kier alpha value is -2.38. The lowest BCUT2D eigenvalue weighted by Crippen LogP contribution is -3.06. The minimum absolute atomic E-state index is 0.0104. The van der Waals surface area contributed by atoms with Crippen molar-refractivity contribution >= 4 is 34.5 Å². The maximum absolute atomic E-state index is 13.1. The Kier molecular flexibility index (Phi) is 8.87. The molecule has 0 fully saturated rings. The van der Waals surface area contributed by atoms with Crippen LogP contribution in [0, 0.1) is 5.92 Å². The summed E-state index contributed by atoms with van der Waals surface area (Å²) in [5, 5.41) is 4.93. The van der Waals surface area contributed by atoms with Crippen molar-refractivity contribution in [1.82, 2.24) is 4.90 Å². The fraction of sp³-hybridized carbons (Fsp3) is 0.478. The molecule has 1 heterocycles. The van der Waals surface area contributed by atoms with Crippen LogP contribution < -0.4 is 15.1 Å². The molecule has 0 aliphatic rings. The van der Waals surface area contributed by atoms with Crippen LogP contribution in [-0.4, -0.2) is 58.0 Å². The summed E-state index contributed by atoms with van der Waals surface area (Å²) in [6.07, 6.45) is 0.485. The van der Waals surface area contributed by atoms with E-state index in [0.29, 0.717) is 25.4 Å². The van der Waals surface area contributed by atoms with Gasteiger partial charge < -0.3 is 20.0 Å². The number of carbonyl (C=O) groups is 2. The number of likely N-dealkylation sites (N-methyl/N-ethyl adjacent to an activating group) is 1. The van der Waals surface area contributed by atoms with Crippen molar-refractivity contribution in [3.8, 4) is 0 Å². The third-order valence-corrected chi connectivity index (χ3v) is 5.56. The van der Waals surface area contributed by atoms with Gasteiger partial charge in [0.15, 0.2) is 0 Å². The molecule has 6 nitrogen and oxygen atoms in total. The van der Waals surface area contributed by atoms with Gasteiger partial charge in [0.05, 0.1) is 32.1 Å². The van der Waals surface area contributed by atoms with Gasteiger partial charge in [-0.3, -0.25) is 9.59 Å². The van der Waals surface area contributed by atoms with Crippen LogP contribution in [0.4, 0.5) is 11.4 Å². The van der Waals surface area contributed by atoms with Crippen molar-refractivity contribution in [1.29, 1.82) is 0 Å². The number of rotatable bonds is 10. The summed E-state index contributed by atoms with van der Waals surface area (Å²) in [5.74, 6) is 0.361. The average molecular weight is 432 g/mol. The van der Waals surface area contributed by atoms with Crippen LogP contribution in [0.1, 0.15) is 35.5 Å². The van der Waals surface area contributed by atoms with Crippen LogP contribution in [0.2, 0.25) is 0 Å². The van der Waals surface area contributed by atoms with Crippen molar-refractivity contribution in [2.24, 2.45) is 5.92 Å². The zero-order valence-corrected chi connectivity index (χ0v) is 19.8. The highest BCUT2D eigenvalue weighted by Gasteiger charge is 2.20. The zero-order chi connectivity index (χ0) is 22.3. The van der Waals surface area contributed by atoms with Gasteiger partial charge in [0, 0.05) is 38.4 Å². The van der Waals surface area contributed by atoms with E-state index in [1.165, 1.54) is 16.2 Å². The number of thiophene rings is 1. The predicted molar refractivity (Wildman–Crippen MR) is 126 cm³/mol. The van der Waals surface area contributed by atoms with Gasteiger partial charge in [-0.15, -0.1) is 11.3 Å². The molecule has 0 atom stereocenters. The number of nitrogens with zero attached hydrogens (tertiary/aromatic N) is 2. The molecule has 0 bridgehead atoms. The van der Waals surface area contributed by atoms with E-state index in [4.69, 9.17) is 0 Å². The minimum atomic E-state index is 0.0104. The molecule has 0 radical (unpaired) electrons. The summed E-state index contributed by atoms with van der Waals surface area (Å²) in [6, 6.07) is 9.70. The van der Waals surface area contributed by atoms with Gasteiger partial charge in [0.25, 0.3) is 5.91 Å². The molecule has 2 N–H and O–H groups in total. The summed E-state index contributed by atoms with van der Waals surface area (Å²) in [4.78, 5) is 31.3. The lowest BCUT2D eigenvalue weighted by molar-refractivity contribution is -0.857. The molecule has 0 saturated carbocycles. The normalized spacial score (nSPS) is 11.1. The van der Waals surface area contributed by atoms with Gasteiger partial charge in [-0.25, -0.2) is 0 Å². The Morgan fingerprint density at radius 2 is 1.90 bits per heavy atom. The number of hydrogen-bond donors (Lipinski definition) is 2. The number of hydrogen-bond acceptors (Lipinski definition) is 4. The van der Waals surface area contributed by atoms with Gasteiger partial charge in [0.2, 0.25) is 5.91 Å². The summed E-state index contributed by atoms with van der Waals surface area (Å²) < 4.78 is 0. The first-order valence-corrected chi connectivity index (χ1v) is 11.3. The fourth-order valence-electron chi connectivity index (χ4n) is 3.18. The fourth-order valence-corrected chi connectivity index (χ4v) is 3.87. The Bertz CT molecular complexity index is 832. The number of nitrogens with one attached hydrogen (secondary N) is 2. The maximum atomic E-state index is 13.1. The molecular formula is C23H35N4O2S+. The number of quaternary nitrogens is 1. The summed E-state index contributed by atoms with van der Waals surface area (Å²) in [6.45, 7) is 6.07. The lowest BCUT2D eigenvalue weighted by atomic mass is 10.1. The summed E-state index contributed by atoms with van der Waals surface area (Å²) in [5.41, 5.74) is 2.82. The smallest absolute Gasteiger partial charge is 0.264 e. The van der Waals surface area contributed by atoms with E-state index < -0.39 is 0 Å². The highest BCUT2D eigenvalue weighted by molar-refractivity contribution is 7.12. The molecule has 7 heteroatoms. The first kappa shape index (κ1) is 23.9. The Morgan fingerprint density at radius 3 is 2.47 bits per heavy atom. The molecule has 0 unspecified atom stereocenters. The van der Waals surface area contributed by atoms with Crippen molar-refractivity contribution in [2.75, 3.05) is 51.5 Å². The largest absolute Gasteiger partial charge is 0.377 e. The molecule has 30 heavy (non-hydrogen) atoms. The van der Waals surface area contributed by atoms with E-state index in [2.05, 4.69) is 19.4 Å². The Balaban J connectivity index is 2.30. The van der Waals surface area contributed by atoms with Crippen molar-refractivity contribution in [3.63, 3.8) is 0 Å². The SMILES string of the molecule is CC(C)CC(=O)Nc1ccc(N(C)C)c(CN(CC[NH+](C)C)C(=O)c2cccs2)c1. The second-order valence-corrected chi connectivity index (χ2v) is 9.49. The molecule has 1 aromatic carbocycles. The van der Waals surface area contributed by atoms with E-state index >= 15 is 0 Å². The molecule has 0 aliphatic heterocycles. The Morgan fingerprint density at radius 1 is 1.17 bits per heavy atom. The second-order valence-electron chi connectivity index (χ2n) is 8.55. The lowest BCUT2D eigenvalue weighted by Gasteiger charge is -2.26. The Labute approximate surface area is 184 Å². The number of benzene rings is 1. The number of amides is 2. The maximum Gasteiger partial charge on any atom is 0.264 e.